The zero-order chi connectivity index (χ0) is 33.9. The molecule has 0 fully saturated rings. The van der Waals surface area contributed by atoms with Gasteiger partial charge < -0.3 is 14.5 Å². The fourth-order valence-electron chi connectivity index (χ4n) is 6.37. The molecule has 0 spiro atoms. The minimum Gasteiger partial charge on any atom is -0.510 e. The molecule has 51 heavy (non-hydrogen) atoms. The molecule has 3 heterocycles. The first-order valence-corrected chi connectivity index (χ1v) is 16.6. The van der Waals surface area contributed by atoms with E-state index in [1.54, 1.807) is 0 Å². The Bertz CT molecular complexity index is 2280. The van der Waals surface area contributed by atoms with Crippen molar-refractivity contribution in [3.63, 3.8) is 0 Å². The molecule has 7 aromatic rings. The molecule has 0 bridgehead atoms. The predicted molar refractivity (Wildman–Crippen MR) is 202 cm³/mol. The molecule has 0 aliphatic carbocycles. The second-order valence-corrected chi connectivity index (χ2v) is 12.2. The molecule has 1 aliphatic heterocycles. The maximum Gasteiger partial charge on any atom is 0.246 e. The summed E-state index contributed by atoms with van der Waals surface area (Å²) in [5.41, 5.74) is 9.76. The Morgan fingerprint density at radius 1 is 0.706 bits per heavy atom. The van der Waals surface area contributed by atoms with E-state index >= 15 is 0 Å². The molecule has 0 amide bonds. The average molecular weight is 842 g/mol. The van der Waals surface area contributed by atoms with Gasteiger partial charge >= 0.3 is 0 Å². The predicted octanol–water partition coefficient (Wildman–Crippen LogP) is 7.16. The van der Waals surface area contributed by atoms with Crippen LogP contribution in [0.2, 0.25) is 0 Å². The van der Waals surface area contributed by atoms with E-state index in [1.807, 2.05) is 109 Å². The monoisotopic (exact) mass is 841 g/mol. The van der Waals surface area contributed by atoms with Crippen molar-refractivity contribution in [3.8, 4) is 39.7 Å². The van der Waals surface area contributed by atoms with E-state index in [2.05, 4.69) is 96.5 Å². The maximum atomic E-state index is 6.47. The van der Waals surface area contributed by atoms with E-state index < -0.39 is 0 Å². The van der Waals surface area contributed by atoms with Crippen LogP contribution < -0.4 is 26.2 Å². The Balaban J connectivity index is 0.00000406. The molecule has 0 unspecified atom stereocenters. The van der Waals surface area contributed by atoms with Gasteiger partial charge in [0.2, 0.25) is 6.71 Å². The molecule has 2 aromatic heterocycles. The average Bonchev–Trinajstić information content (AvgIpc) is 3.78. The molecule has 0 saturated carbocycles. The van der Waals surface area contributed by atoms with Gasteiger partial charge in [-0.05, 0) is 67.2 Å². The van der Waals surface area contributed by atoms with Gasteiger partial charge in [-0.3, -0.25) is 4.98 Å². The second-order valence-electron chi connectivity index (χ2n) is 12.2. The van der Waals surface area contributed by atoms with Crippen LogP contribution in [0, 0.1) is 25.7 Å². The van der Waals surface area contributed by atoms with E-state index in [0.717, 1.165) is 56.0 Å². The standard InChI is InChI=1S/C43H33BN5O.Pt/c1-32-24-25-45-40(28-32)44(35-18-12-22-38(29-35)50-39-23-13-21-37(30-39)48-27-26-47(2)31-48)41-42(33-14-6-3-7-15-33)46-49(36-19-10-5-11-20-36)43(41)34-16-8-4-9-17-34;/h3-28,31H,1-2H3;/q-3;. The third-order valence-corrected chi connectivity index (χ3v) is 8.66. The largest absolute Gasteiger partial charge is 0.510 e. The van der Waals surface area contributed by atoms with Crippen molar-refractivity contribution >= 4 is 28.9 Å². The number of hydrogen-bond donors (Lipinski definition) is 0. The Morgan fingerprint density at radius 2 is 1.37 bits per heavy atom. The number of aromatic nitrogens is 3. The number of nitrogens with zero attached hydrogens (tertiary/aromatic N) is 5. The molecular weight excluding hydrogens is 808 g/mol. The van der Waals surface area contributed by atoms with Crippen LogP contribution in [-0.2, 0) is 21.1 Å². The third kappa shape index (κ3) is 7.17. The summed E-state index contributed by atoms with van der Waals surface area (Å²) in [7, 11) is 1.99. The fourth-order valence-corrected chi connectivity index (χ4v) is 6.37. The van der Waals surface area contributed by atoms with E-state index in [4.69, 9.17) is 14.8 Å². The van der Waals surface area contributed by atoms with Crippen molar-refractivity contribution in [3.05, 3.63) is 182 Å². The first-order chi connectivity index (χ1) is 24.6. The van der Waals surface area contributed by atoms with E-state index in [0.29, 0.717) is 11.5 Å². The number of benzene rings is 5. The van der Waals surface area contributed by atoms with E-state index in [1.165, 1.54) is 0 Å². The quantitative estimate of drug-likeness (QED) is 0.114. The molecule has 0 atom stereocenters. The van der Waals surface area contributed by atoms with Crippen LogP contribution in [0.5, 0.6) is 11.5 Å². The molecular formula is C43H33BN5OPt-3. The van der Waals surface area contributed by atoms with E-state index in [-0.39, 0.29) is 27.8 Å². The second kappa shape index (κ2) is 15.1. The van der Waals surface area contributed by atoms with Crippen molar-refractivity contribution in [2.75, 3.05) is 11.9 Å². The van der Waals surface area contributed by atoms with Gasteiger partial charge in [-0.25, -0.2) is 4.68 Å². The Morgan fingerprint density at radius 3 is 2.06 bits per heavy atom. The van der Waals surface area contributed by atoms with Crippen LogP contribution in [0.1, 0.15) is 5.56 Å². The molecule has 0 saturated heterocycles. The molecule has 8 heteroatoms. The van der Waals surface area contributed by atoms with Crippen molar-refractivity contribution in [2.45, 2.75) is 6.92 Å². The minimum absolute atomic E-state index is 0. The van der Waals surface area contributed by atoms with Gasteiger partial charge in [0.25, 0.3) is 0 Å². The molecule has 5 aromatic carbocycles. The summed E-state index contributed by atoms with van der Waals surface area (Å²) in [5, 5.41) is 5.39. The number of ether oxygens (including phenoxy) is 1. The van der Waals surface area contributed by atoms with Crippen LogP contribution in [-0.4, -0.2) is 33.4 Å². The van der Waals surface area contributed by atoms with Crippen LogP contribution in [0.15, 0.2) is 158 Å². The van der Waals surface area contributed by atoms with Gasteiger partial charge in [0, 0.05) is 49.9 Å². The van der Waals surface area contributed by atoms with Crippen LogP contribution in [0.25, 0.3) is 28.2 Å². The number of rotatable bonds is 9. The van der Waals surface area contributed by atoms with Gasteiger partial charge in [0.15, 0.2) is 0 Å². The number of aryl methyl sites for hydroxylation is 1. The van der Waals surface area contributed by atoms with Crippen molar-refractivity contribution in [2.24, 2.45) is 0 Å². The zero-order valence-electron chi connectivity index (χ0n) is 28.1. The summed E-state index contributed by atoms with van der Waals surface area (Å²) in [6.45, 7) is 3.76. The summed E-state index contributed by atoms with van der Waals surface area (Å²) >= 11 is 0. The van der Waals surface area contributed by atoms with Gasteiger partial charge in [-0.15, -0.1) is 36.0 Å². The summed E-state index contributed by atoms with van der Waals surface area (Å²) in [4.78, 5) is 8.99. The van der Waals surface area contributed by atoms with Gasteiger partial charge in [0.05, 0.1) is 17.1 Å². The number of pyridine rings is 1. The number of hydrogen-bond acceptors (Lipinski definition) is 5. The molecule has 1 aliphatic rings. The van der Waals surface area contributed by atoms with Gasteiger partial charge in [-0.1, -0.05) is 78.9 Å². The summed E-state index contributed by atoms with van der Waals surface area (Å²) < 4.78 is 8.53. The topological polar surface area (TPSA) is 46.4 Å². The molecule has 252 valence electrons. The zero-order valence-corrected chi connectivity index (χ0v) is 30.4. The fraction of sp³-hybridized carbons (Fsp3) is 0.0465. The minimum atomic E-state index is -0.337. The molecule has 6 nitrogen and oxygen atoms in total. The molecule has 0 N–H and O–H groups in total. The normalized spacial score (nSPS) is 12.1. The maximum absolute atomic E-state index is 6.47. The smallest absolute Gasteiger partial charge is 0.246 e. The first-order valence-electron chi connectivity index (χ1n) is 16.6. The SMILES string of the molecule is Cc1ccnc(B(c2[c-]c(Oc3[c-]c(N4C=CN(C)[CH-]4)ccc3)ccc2)c2c(-c3ccccc3)nn(-c3ccccc3)c2-c2ccccc2)c1.[Pt]. The molecule has 8 rings (SSSR count). The third-order valence-electron chi connectivity index (χ3n) is 8.66. The van der Waals surface area contributed by atoms with Crippen LogP contribution in [0.3, 0.4) is 0 Å². The number of para-hydroxylation sites is 1. The summed E-state index contributed by atoms with van der Waals surface area (Å²) in [6, 6.07) is 54.4. The van der Waals surface area contributed by atoms with Crippen LogP contribution >= 0.6 is 0 Å². The molecule has 0 radical (unpaired) electrons. The Kier molecular flexibility index (Phi) is 10.0. The van der Waals surface area contributed by atoms with Gasteiger partial charge in [0.1, 0.15) is 0 Å². The Hall–Kier alpha value is -5.65. The van der Waals surface area contributed by atoms with Crippen molar-refractivity contribution in [1.29, 1.82) is 0 Å². The Labute approximate surface area is 314 Å². The van der Waals surface area contributed by atoms with Crippen molar-refractivity contribution in [1.82, 2.24) is 19.7 Å². The van der Waals surface area contributed by atoms with Crippen molar-refractivity contribution < 1.29 is 25.8 Å². The summed E-state index contributed by atoms with van der Waals surface area (Å²) in [5.74, 6) is 1.19. The number of anilines is 1. The first kappa shape index (κ1) is 33.8. The van der Waals surface area contributed by atoms with Gasteiger partial charge in [-0.2, -0.15) is 35.4 Å². The summed E-state index contributed by atoms with van der Waals surface area (Å²) in [6.07, 6.45) is 5.86. The van der Waals surface area contributed by atoms with Crippen LogP contribution in [0.4, 0.5) is 5.69 Å². The van der Waals surface area contributed by atoms with E-state index in [9.17, 15) is 0 Å².